The van der Waals surface area contributed by atoms with Gasteiger partial charge in [-0.05, 0) is 12.1 Å². The molecule has 0 aliphatic rings. The monoisotopic (exact) mass is 251 g/mol. The van der Waals surface area contributed by atoms with Crippen LogP contribution in [0, 0.1) is 0 Å². The van der Waals surface area contributed by atoms with E-state index in [9.17, 15) is 0 Å². The third-order valence-electron chi connectivity index (χ3n) is 3.08. The van der Waals surface area contributed by atoms with Gasteiger partial charge in [0.05, 0.1) is 33.8 Å². The van der Waals surface area contributed by atoms with Crippen LogP contribution in [0.5, 0.6) is 0 Å². The number of nitrogens with zero attached hydrogens (tertiary/aromatic N) is 3. The Bertz CT molecular complexity index is 844. The number of benzene rings is 1. The summed E-state index contributed by atoms with van der Waals surface area (Å²) >= 11 is 1.67. The molecule has 0 spiro atoms. The highest BCUT2D eigenvalue weighted by Crippen LogP contribution is 2.29. The van der Waals surface area contributed by atoms with Crippen molar-refractivity contribution >= 4 is 27.1 Å². The van der Waals surface area contributed by atoms with Gasteiger partial charge in [0.25, 0.3) is 0 Å². The minimum atomic E-state index is 1.07. The minimum Gasteiger partial charge on any atom is -0.306 e. The summed E-state index contributed by atoms with van der Waals surface area (Å²) < 4.78 is 3.25. The highest BCUT2D eigenvalue weighted by Gasteiger charge is 2.06. The van der Waals surface area contributed by atoms with Crippen molar-refractivity contribution in [2.45, 2.75) is 0 Å². The molecule has 0 amide bonds. The van der Waals surface area contributed by atoms with Crippen LogP contribution in [0.4, 0.5) is 0 Å². The number of hydrogen-bond acceptors (Lipinski definition) is 3. The number of thiazole rings is 1. The van der Waals surface area contributed by atoms with E-state index in [4.69, 9.17) is 0 Å². The van der Waals surface area contributed by atoms with Crippen LogP contribution in [0.25, 0.3) is 26.9 Å². The molecule has 4 aromatic rings. The van der Waals surface area contributed by atoms with Crippen molar-refractivity contribution in [2.24, 2.45) is 0 Å². The first-order chi connectivity index (χ1) is 8.92. The summed E-state index contributed by atoms with van der Waals surface area (Å²) in [5, 5.41) is 0. The zero-order chi connectivity index (χ0) is 11.9. The second-order valence-corrected chi connectivity index (χ2v) is 5.03. The van der Waals surface area contributed by atoms with Gasteiger partial charge in [0.1, 0.15) is 0 Å². The number of hydrogen-bond donors (Lipinski definition) is 0. The largest absolute Gasteiger partial charge is 0.306 e. The molecular weight excluding hydrogens is 242 g/mol. The lowest BCUT2D eigenvalue weighted by atomic mass is 10.1. The van der Waals surface area contributed by atoms with Crippen molar-refractivity contribution in [2.75, 3.05) is 0 Å². The number of aromatic nitrogens is 3. The van der Waals surface area contributed by atoms with E-state index in [1.165, 1.54) is 10.3 Å². The summed E-state index contributed by atoms with van der Waals surface area (Å²) in [5.41, 5.74) is 6.40. The van der Waals surface area contributed by atoms with Gasteiger partial charge in [-0.25, -0.2) is 9.97 Å². The van der Waals surface area contributed by atoms with E-state index < -0.39 is 0 Å². The second kappa shape index (κ2) is 3.65. The van der Waals surface area contributed by atoms with Gasteiger partial charge < -0.3 is 4.40 Å². The maximum absolute atomic E-state index is 4.46. The van der Waals surface area contributed by atoms with Gasteiger partial charge in [0.2, 0.25) is 0 Å². The van der Waals surface area contributed by atoms with Gasteiger partial charge in [-0.15, -0.1) is 11.3 Å². The van der Waals surface area contributed by atoms with Crippen LogP contribution in [0.1, 0.15) is 0 Å². The molecule has 0 unspecified atom stereocenters. The molecule has 0 saturated heterocycles. The minimum absolute atomic E-state index is 1.07. The van der Waals surface area contributed by atoms with Crippen LogP contribution in [-0.4, -0.2) is 14.4 Å². The van der Waals surface area contributed by atoms with Gasteiger partial charge in [0.15, 0.2) is 0 Å². The Hall–Kier alpha value is -2.20. The van der Waals surface area contributed by atoms with Crippen LogP contribution in [-0.2, 0) is 0 Å². The summed E-state index contributed by atoms with van der Waals surface area (Å²) in [7, 11) is 0. The van der Waals surface area contributed by atoms with E-state index in [2.05, 4.69) is 46.5 Å². The van der Waals surface area contributed by atoms with Crippen molar-refractivity contribution in [3.63, 3.8) is 0 Å². The fraction of sp³-hybridized carbons (Fsp3) is 0. The first-order valence-corrected chi connectivity index (χ1v) is 6.54. The SMILES string of the molecule is c1cc(-c2ccc3cncn3c2)c2ncsc2c1. The number of rotatable bonds is 1. The fourth-order valence-corrected chi connectivity index (χ4v) is 2.90. The van der Waals surface area contributed by atoms with Gasteiger partial charge in [0, 0.05) is 17.3 Å². The lowest BCUT2D eigenvalue weighted by Crippen LogP contribution is -1.85. The number of imidazole rings is 1. The van der Waals surface area contributed by atoms with Crippen LogP contribution in [0.2, 0.25) is 0 Å². The summed E-state index contributed by atoms with van der Waals surface area (Å²) in [6, 6.07) is 10.5. The molecule has 0 aliphatic carbocycles. The topological polar surface area (TPSA) is 30.2 Å². The van der Waals surface area contributed by atoms with Crippen molar-refractivity contribution in [1.29, 1.82) is 0 Å². The average molecular weight is 251 g/mol. The Morgan fingerprint density at radius 1 is 1.11 bits per heavy atom. The van der Waals surface area contributed by atoms with E-state index in [-0.39, 0.29) is 0 Å². The van der Waals surface area contributed by atoms with E-state index >= 15 is 0 Å². The van der Waals surface area contributed by atoms with Crippen LogP contribution >= 0.6 is 11.3 Å². The Morgan fingerprint density at radius 3 is 3.11 bits per heavy atom. The number of para-hydroxylation sites is 1. The summed E-state index contributed by atoms with van der Waals surface area (Å²) in [4.78, 5) is 8.59. The fourth-order valence-electron chi connectivity index (χ4n) is 2.20. The third-order valence-corrected chi connectivity index (χ3v) is 3.87. The summed E-state index contributed by atoms with van der Waals surface area (Å²) in [6.07, 6.45) is 5.77. The molecule has 0 fully saturated rings. The molecule has 0 radical (unpaired) electrons. The molecule has 3 heterocycles. The average Bonchev–Trinajstić information content (AvgIpc) is 3.05. The lowest BCUT2D eigenvalue weighted by molar-refractivity contribution is 1.16. The Labute approximate surface area is 107 Å². The zero-order valence-corrected chi connectivity index (χ0v) is 10.3. The van der Waals surface area contributed by atoms with Crippen molar-refractivity contribution in [3.8, 4) is 11.1 Å². The molecule has 0 atom stereocenters. The van der Waals surface area contributed by atoms with Crippen LogP contribution in [0.15, 0.2) is 54.6 Å². The normalized spacial score (nSPS) is 11.3. The Balaban J connectivity index is 2.03. The molecule has 0 aliphatic heterocycles. The standard InChI is InChI=1S/C14H9N3S/c1-2-12(14-13(3-1)18-9-16-14)10-4-5-11-6-15-8-17(11)7-10/h1-9H. The first kappa shape index (κ1) is 9.79. The van der Waals surface area contributed by atoms with E-state index in [1.807, 2.05) is 22.4 Å². The lowest BCUT2D eigenvalue weighted by Gasteiger charge is -2.03. The van der Waals surface area contributed by atoms with Gasteiger partial charge >= 0.3 is 0 Å². The summed E-state index contributed by atoms with van der Waals surface area (Å²) in [6.45, 7) is 0. The molecular formula is C14H9N3S. The van der Waals surface area contributed by atoms with Gasteiger partial charge in [-0.2, -0.15) is 0 Å². The highest BCUT2D eigenvalue weighted by atomic mass is 32.1. The Kier molecular flexibility index (Phi) is 1.98. The number of pyridine rings is 1. The van der Waals surface area contributed by atoms with Crippen LogP contribution in [0.3, 0.4) is 0 Å². The van der Waals surface area contributed by atoms with Gasteiger partial charge in [-0.1, -0.05) is 18.2 Å². The molecule has 18 heavy (non-hydrogen) atoms. The maximum atomic E-state index is 4.46. The van der Waals surface area contributed by atoms with E-state index in [0.29, 0.717) is 0 Å². The predicted octanol–water partition coefficient (Wildman–Crippen LogP) is 3.61. The quantitative estimate of drug-likeness (QED) is 0.517. The molecule has 0 saturated carbocycles. The molecule has 1 aromatic carbocycles. The van der Waals surface area contributed by atoms with Crippen LogP contribution < -0.4 is 0 Å². The molecule has 4 heteroatoms. The zero-order valence-electron chi connectivity index (χ0n) is 9.45. The third kappa shape index (κ3) is 1.36. The molecule has 3 aromatic heterocycles. The molecule has 3 nitrogen and oxygen atoms in total. The molecule has 0 bridgehead atoms. The molecule has 0 N–H and O–H groups in total. The smallest absolute Gasteiger partial charge is 0.0992 e. The van der Waals surface area contributed by atoms with Crippen molar-refractivity contribution < 1.29 is 0 Å². The second-order valence-electron chi connectivity index (χ2n) is 4.15. The van der Waals surface area contributed by atoms with Crippen molar-refractivity contribution in [3.05, 3.63) is 54.6 Å². The number of fused-ring (bicyclic) bond motifs is 2. The maximum Gasteiger partial charge on any atom is 0.0992 e. The van der Waals surface area contributed by atoms with E-state index in [1.54, 1.807) is 11.3 Å². The van der Waals surface area contributed by atoms with E-state index in [0.717, 1.165) is 16.6 Å². The summed E-state index contributed by atoms with van der Waals surface area (Å²) in [5.74, 6) is 0. The van der Waals surface area contributed by atoms with Crippen molar-refractivity contribution in [1.82, 2.24) is 14.4 Å². The predicted molar refractivity (Wildman–Crippen MR) is 73.8 cm³/mol. The molecule has 86 valence electrons. The first-order valence-electron chi connectivity index (χ1n) is 5.66. The van der Waals surface area contributed by atoms with Gasteiger partial charge in [-0.3, -0.25) is 0 Å². The Morgan fingerprint density at radius 2 is 2.11 bits per heavy atom. The highest BCUT2D eigenvalue weighted by molar-refractivity contribution is 7.16. The molecule has 4 rings (SSSR count).